The summed E-state index contributed by atoms with van der Waals surface area (Å²) in [4.78, 5) is 37.2. The van der Waals surface area contributed by atoms with Gasteiger partial charge in [-0.3, -0.25) is 9.59 Å². The molecule has 1 saturated carbocycles. The van der Waals surface area contributed by atoms with E-state index in [0.29, 0.717) is 24.5 Å². The second kappa shape index (κ2) is 4.37. The number of imide groups is 1. The summed E-state index contributed by atoms with van der Waals surface area (Å²) in [6.45, 7) is 3.60. The van der Waals surface area contributed by atoms with E-state index in [-0.39, 0.29) is 34.2 Å². The molecular formula is C13H14N2O4S. The van der Waals surface area contributed by atoms with Crippen molar-refractivity contribution in [1.29, 1.82) is 0 Å². The minimum absolute atomic E-state index is 0.0373. The number of amides is 2. The number of hydrogen-bond donors (Lipinski definition) is 1. The number of anilines is 1. The molecule has 1 aliphatic heterocycles. The average Bonchev–Trinajstić information content (AvgIpc) is 2.97. The van der Waals surface area contributed by atoms with E-state index >= 15 is 0 Å². The number of carboxylic acids is 1. The van der Waals surface area contributed by atoms with Crippen molar-refractivity contribution in [3.8, 4) is 0 Å². The van der Waals surface area contributed by atoms with Crippen molar-refractivity contribution in [2.45, 2.75) is 26.7 Å². The Morgan fingerprint density at radius 1 is 1.30 bits per heavy atom. The molecule has 3 rings (SSSR count). The number of fused-ring (bicyclic) bond motifs is 1. The van der Waals surface area contributed by atoms with E-state index in [1.807, 2.05) is 6.92 Å². The fourth-order valence-electron chi connectivity index (χ4n) is 3.23. The van der Waals surface area contributed by atoms with E-state index in [1.165, 1.54) is 0 Å². The molecule has 20 heavy (non-hydrogen) atoms. The Hall–Kier alpha value is -1.76. The second-order valence-corrected chi connectivity index (χ2v) is 6.31. The first-order valence-electron chi connectivity index (χ1n) is 6.49. The summed E-state index contributed by atoms with van der Waals surface area (Å²) in [5.41, 5.74) is 0.299. The predicted octanol–water partition coefficient (Wildman–Crippen LogP) is 1.69. The van der Waals surface area contributed by atoms with E-state index in [4.69, 9.17) is 0 Å². The van der Waals surface area contributed by atoms with Crippen molar-refractivity contribution in [3.05, 3.63) is 11.3 Å². The molecule has 1 saturated heterocycles. The van der Waals surface area contributed by atoms with Crippen LogP contribution in [0.4, 0.5) is 5.00 Å². The van der Waals surface area contributed by atoms with Crippen molar-refractivity contribution in [3.63, 3.8) is 0 Å². The van der Waals surface area contributed by atoms with Crippen molar-refractivity contribution in [2.75, 3.05) is 4.90 Å². The Balaban J connectivity index is 2.03. The summed E-state index contributed by atoms with van der Waals surface area (Å²) >= 11 is 0.902. The number of aromatic nitrogens is 1. The quantitative estimate of drug-likeness (QED) is 0.838. The van der Waals surface area contributed by atoms with Crippen LogP contribution < -0.4 is 4.90 Å². The zero-order valence-electron chi connectivity index (χ0n) is 11.1. The van der Waals surface area contributed by atoms with Gasteiger partial charge in [-0.1, -0.05) is 6.92 Å². The lowest BCUT2D eigenvalue weighted by atomic mass is 10.00. The molecular weight excluding hydrogens is 280 g/mol. The zero-order chi connectivity index (χ0) is 14.6. The lowest BCUT2D eigenvalue weighted by Crippen LogP contribution is -2.32. The maximum Gasteiger partial charge on any atom is 0.340 e. The fourth-order valence-corrected chi connectivity index (χ4v) is 4.14. The summed E-state index contributed by atoms with van der Waals surface area (Å²) in [6.07, 6.45) is 1.40. The van der Waals surface area contributed by atoms with Gasteiger partial charge in [-0.05, 0) is 37.2 Å². The lowest BCUT2D eigenvalue weighted by Gasteiger charge is -2.15. The lowest BCUT2D eigenvalue weighted by molar-refractivity contribution is -0.122. The standard InChI is InChI=1S/C13H14N2O4S/c1-5-3-7-8(4-5)11(17)15(10(7)16)12-9(13(18)19)6(2)14-20-12/h5,7-8H,3-4H2,1-2H3,(H,18,19). The molecule has 106 valence electrons. The van der Waals surface area contributed by atoms with Crippen LogP contribution in [0.25, 0.3) is 0 Å². The Labute approximate surface area is 119 Å². The van der Waals surface area contributed by atoms with Gasteiger partial charge in [-0.25, -0.2) is 9.69 Å². The second-order valence-electron chi connectivity index (χ2n) is 5.55. The van der Waals surface area contributed by atoms with Crippen LogP contribution >= 0.6 is 11.5 Å². The molecule has 1 aromatic heterocycles. The van der Waals surface area contributed by atoms with Crippen LogP contribution in [0.1, 0.15) is 35.8 Å². The van der Waals surface area contributed by atoms with Crippen LogP contribution in [0.15, 0.2) is 0 Å². The molecule has 7 heteroatoms. The van der Waals surface area contributed by atoms with Gasteiger partial charge in [0.15, 0.2) is 0 Å². The summed E-state index contributed by atoms with van der Waals surface area (Å²) in [6, 6.07) is 0. The first-order valence-corrected chi connectivity index (χ1v) is 7.26. The predicted molar refractivity (Wildman–Crippen MR) is 71.7 cm³/mol. The monoisotopic (exact) mass is 294 g/mol. The van der Waals surface area contributed by atoms with Gasteiger partial charge in [-0.15, -0.1) is 0 Å². The van der Waals surface area contributed by atoms with Gasteiger partial charge in [-0.2, -0.15) is 4.37 Å². The third-order valence-electron chi connectivity index (χ3n) is 4.14. The summed E-state index contributed by atoms with van der Waals surface area (Å²) in [7, 11) is 0. The molecule has 1 aliphatic carbocycles. The summed E-state index contributed by atoms with van der Waals surface area (Å²) < 4.78 is 3.97. The first kappa shape index (κ1) is 13.2. The maximum absolute atomic E-state index is 12.4. The van der Waals surface area contributed by atoms with Crippen LogP contribution in [0, 0.1) is 24.7 Å². The molecule has 2 fully saturated rings. The van der Waals surface area contributed by atoms with Crippen LogP contribution in [0.2, 0.25) is 0 Å². The molecule has 0 radical (unpaired) electrons. The van der Waals surface area contributed by atoms with Gasteiger partial charge in [0.25, 0.3) is 0 Å². The van der Waals surface area contributed by atoms with Crippen molar-refractivity contribution in [2.24, 2.45) is 17.8 Å². The third-order valence-corrected chi connectivity index (χ3v) is 5.06. The van der Waals surface area contributed by atoms with Gasteiger partial charge in [0.1, 0.15) is 10.6 Å². The topological polar surface area (TPSA) is 87.6 Å². The molecule has 2 atom stereocenters. The average molecular weight is 294 g/mol. The molecule has 0 aromatic carbocycles. The minimum atomic E-state index is -1.16. The van der Waals surface area contributed by atoms with E-state index < -0.39 is 5.97 Å². The number of nitrogens with zero attached hydrogens (tertiary/aromatic N) is 2. The van der Waals surface area contributed by atoms with Gasteiger partial charge < -0.3 is 5.11 Å². The van der Waals surface area contributed by atoms with Crippen molar-refractivity contribution < 1.29 is 19.5 Å². The first-order chi connectivity index (χ1) is 9.41. The minimum Gasteiger partial charge on any atom is -0.478 e. The molecule has 0 spiro atoms. The maximum atomic E-state index is 12.4. The molecule has 2 unspecified atom stereocenters. The van der Waals surface area contributed by atoms with Gasteiger partial charge >= 0.3 is 5.97 Å². The number of aryl methyl sites for hydroxylation is 1. The Morgan fingerprint density at radius 3 is 2.35 bits per heavy atom. The number of carboxylic acid groups (broad SMARTS) is 1. The number of carbonyl (C=O) groups excluding carboxylic acids is 2. The smallest absolute Gasteiger partial charge is 0.340 e. The number of hydrogen-bond acceptors (Lipinski definition) is 5. The van der Waals surface area contributed by atoms with Gasteiger partial charge in [0.2, 0.25) is 11.8 Å². The van der Waals surface area contributed by atoms with Crippen LogP contribution in [0.3, 0.4) is 0 Å². The van der Waals surface area contributed by atoms with Crippen LogP contribution in [-0.2, 0) is 9.59 Å². The molecule has 6 nitrogen and oxygen atoms in total. The fraction of sp³-hybridized carbons (Fsp3) is 0.538. The molecule has 2 heterocycles. The highest BCUT2D eigenvalue weighted by molar-refractivity contribution is 7.11. The highest BCUT2D eigenvalue weighted by Crippen LogP contribution is 2.45. The summed E-state index contributed by atoms with van der Waals surface area (Å²) in [5, 5.41) is 9.39. The van der Waals surface area contributed by atoms with Crippen LogP contribution in [0.5, 0.6) is 0 Å². The van der Waals surface area contributed by atoms with Crippen molar-refractivity contribution in [1.82, 2.24) is 4.37 Å². The van der Waals surface area contributed by atoms with E-state index in [9.17, 15) is 19.5 Å². The van der Waals surface area contributed by atoms with Gasteiger partial charge in [0, 0.05) is 0 Å². The third kappa shape index (κ3) is 1.69. The number of aromatic carboxylic acids is 1. The van der Waals surface area contributed by atoms with E-state index in [1.54, 1.807) is 6.92 Å². The molecule has 2 aliphatic rings. The highest BCUT2D eigenvalue weighted by Gasteiger charge is 2.53. The Bertz CT molecular complexity index is 600. The summed E-state index contributed by atoms with van der Waals surface area (Å²) in [5.74, 6) is -1.91. The van der Waals surface area contributed by atoms with Crippen LogP contribution in [-0.4, -0.2) is 27.3 Å². The Kier molecular flexibility index (Phi) is 2.89. The Morgan fingerprint density at radius 2 is 1.85 bits per heavy atom. The molecule has 1 N–H and O–H groups in total. The molecule has 0 bridgehead atoms. The van der Waals surface area contributed by atoms with E-state index in [0.717, 1.165) is 16.4 Å². The number of rotatable bonds is 2. The highest BCUT2D eigenvalue weighted by atomic mass is 32.1. The van der Waals surface area contributed by atoms with Crippen molar-refractivity contribution >= 4 is 34.3 Å². The molecule has 1 aromatic rings. The SMILES string of the molecule is Cc1nsc(N2C(=O)C3CC(C)CC3C2=O)c1C(=O)O. The van der Waals surface area contributed by atoms with E-state index in [2.05, 4.69) is 4.37 Å². The normalized spacial score (nSPS) is 29.1. The zero-order valence-corrected chi connectivity index (χ0v) is 11.9. The molecule has 2 amide bonds. The number of carbonyl (C=O) groups is 3. The largest absolute Gasteiger partial charge is 0.478 e. The van der Waals surface area contributed by atoms with Gasteiger partial charge in [0.05, 0.1) is 17.5 Å².